The Balaban J connectivity index is 1.91. The minimum absolute atomic E-state index is 0.559. The maximum Gasteiger partial charge on any atom is 0.245 e. The molecule has 3 heterocycles. The van der Waals surface area contributed by atoms with Gasteiger partial charge < -0.3 is 10.2 Å². The predicted octanol–water partition coefficient (Wildman–Crippen LogP) is 0.836. The van der Waals surface area contributed by atoms with Crippen molar-refractivity contribution in [2.45, 2.75) is 19.4 Å². The number of anilines is 1. The molecule has 1 saturated heterocycles. The molecule has 1 N–H and O–H groups in total. The number of nitrogens with zero attached hydrogens (tertiary/aromatic N) is 4. The third kappa shape index (κ3) is 1.86. The second kappa shape index (κ2) is 4.00. The summed E-state index contributed by atoms with van der Waals surface area (Å²) in [6.45, 7) is 4.08. The molecule has 17 heavy (non-hydrogen) atoms. The quantitative estimate of drug-likeness (QED) is 0.832. The molecule has 0 spiro atoms. The van der Waals surface area contributed by atoms with Crippen LogP contribution in [-0.2, 0) is 0 Å². The van der Waals surface area contributed by atoms with Gasteiger partial charge in [0.2, 0.25) is 5.95 Å². The zero-order valence-electron chi connectivity index (χ0n) is 10.2. The molecule has 0 amide bonds. The molecular weight excluding hydrogens is 214 g/mol. The van der Waals surface area contributed by atoms with Gasteiger partial charge in [-0.1, -0.05) is 6.07 Å². The first kappa shape index (κ1) is 10.5. The van der Waals surface area contributed by atoms with Crippen LogP contribution < -0.4 is 10.2 Å². The van der Waals surface area contributed by atoms with Crippen LogP contribution in [0.4, 0.5) is 5.95 Å². The van der Waals surface area contributed by atoms with E-state index < -0.39 is 0 Å². The molecule has 0 aromatic carbocycles. The third-order valence-corrected chi connectivity index (χ3v) is 3.35. The van der Waals surface area contributed by atoms with E-state index in [-0.39, 0.29) is 0 Å². The van der Waals surface area contributed by atoms with Crippen molar-refractivity contribution in [1.82, 2.24) is 19.9 Å². The van der Waals surface area contributed by atoms with E-state index in [9.17, 15) is 0 Å². The van der Waals surface area contributed by atoms with Crippen molar-refractivity contribution in [3.05, 3.63) is 23.9 Å². The largest absolute Gasteiger partial charge is 0.338 e. The lowest BCUT2D eigenvalue weighted by Gasteiger charge is -2.12. The molecule has 0 bridgehead atoms. The van der Waals surface area contributed by atoms with E-state index >= 15 is 0 Å². The number of aryl methyl sites for hydroxylation is 1. The Bertz CT molecular complexity index is 533. The fourth-order valence-electron chi connectivity index (χ4n) is 2.29. The Hall–Kier alpha value is -1.62. The summed E-state index contributed by atoms with van der Waals surface area (Å²) in [5, 5.41) is 7.83. The average molecular weight is 231 g/mol. The lowest BCUT2D eigenvalue weighted by atomic mass is 10.3. The van der Waals surface area contributed by atoms with Crippen molar-refractivity contribution in [2.24, 2.45) is 0 Å². The summed E-state index contributed by atoms with van der Waals surface area (Å²) in [7, 11) is 2.01. The minimum Gasteiger partial charge on any atom is -0.338 e. The Labute approximate surface area is 100 Å². The Morgan fingerprint density at radius 2 is 2.29 bits per heavy atom. The first-order valence-corrected chi connectivity index (χ1v) is 6.01. The van der Waals surface area contributed by atoms with E-state index in [0.29, 0.717) is 6.04 Å². The molecule has 3 rings (SSSR count). The second-order valence-electron chi connectivity index (χ2n) is 4.64. The molecule has 5 heteroatoms. The molecule has 1 fully saturated rings. The summed E-state index contributed by atoms with van der Waals surface area (Å²) in [4.78, 5) is 6.79. The number of likely N-dealkylation sites (N-methyl/N-ethyl adjacent to an activating group) is 1. The van der Waals surface area contributed by atoms with Crippen molar-refractivity contribution >= 4 is 11.6 Å². The normalized spacial score (nSPS) is 20.4. The molecular formula is C12H17N5. The van der Waals surface area contributed by atoms with Crippen LogP contribution in [0.2, 0.25) is 0 Å². The molecule has 1 aliphatic rings. The van der Waals surface area contributed by atoms with Gasteiger partial charge >= 0.3 is 0 Å². The molecule has 0 radical (unpaired) electrons. The summed E-state index contributed by atoms with van der Waals surface area (Å²) in [6.07, 6.45) is 3.17. The monoisotopic (exact) mass is 231 g/mol. The van der Waals surface area contributed by atoms with Crippen molar-refractivity contribution in [3.8, 4) is 0 Å². The van der Waals surface area contributed by atoms with E-state index in [1.54, 1.807) is 0 Å². The van der Waals surface area contributed by atoms with Gasteiger partial charge in [-0.3, -0.25) is 0 Å². The minimum atomic E-state index is 0.559. The maximum absolute atomic E-state index is 4.55. The second-order valence-corrected chi connectivity index (χ2v) is 4.64. The summed E-state index contributed by atoms with van der Waals surface area (Å²) in [5.41, 5.74) is 2.11. The predicted molar refractivity (Wildman–Crippen MR) is 67.4 cm³/mol. The number of hydrogen-bond acceptors (Lipinski definition) is 4. The molecule has 1 aliphatic heterocycles. The molecule has 2 aromatic heterocycles. The third-order valence-electron chi connectivity index (χ3n) is 3.35. The smallest absolute Gasteiger partial charge is 0.245 e. The Morgan fingerprint density at radius 1 is 1.41 bits per heavy atom. The van der Waals surface area contributed by atoms with Gasteiger partial charge in [-0.2, -0.15) is 4.98 Å². The van der Waals surface area contributed by atoms with E-state index in [1.807, 2.05) is 23.8 Å². The highest BCUT2D eigenvalue weighted by atomic mass is 15.4. The summed E-state index contributed by atoms with van der Waals surface area (Å²) >= 11 is 0. The number of fused-ring (bicyclic) bond motifs is 1. The van der Waals surface area contributed by atoms with Gasteiger partial charge in [0, 0.05) is 25.3 Å². The summed E-state index contributed by atoms with van der Waals surface area (Å²) in [6, 6.07) is 4.63. The highest BCUT2D eigenvalue weighted by molar-refractivity contribution is 5.46. The number of nitrogens with one attached hydrogen (secondary N) is 1. The summed E-state index contributed by atoms with van der Waals surface area (Å²) < 4.78 is 1.86. The van der Waals surface area contributed by atoms with Crippen LogP contribution in [0.15, 0.2) is 18.3 Å². The Morgan fingerprint density at radius 3 is 3.06 bits per heavy atom. The van der Waals surface area contributed by atoms with Gasteiger partial charge in [-0.05, 0) is 32.0 Å². The van der Waals surface area contributed by atoms with Crippen LogP contribution in [0.5, 0.6) is 0 Å². The zero-order chi connectivity index (χ0) is 11.8. The fourth-order valence-corrected chi connectivity index (χ4v) is 2.29. The molecule has 1 atom stereocenters. The number of aromatic nitrogens is 3. The van der Waals surface area contributed by atoms with E-state index in [0.717, 1.165) is 31.1 Å². The first-order valence-electron chi connectivity index (χ1n) is 6.01. The van der Waals surface area contributed by atoms with E-state index in [4.69, 9.17) is 0 Å². The topological polar surface area (TPSA) is 45.5 Å². The van der Waals surface area contributed by atoms with Crippen LogP contribution in [0.3, 0.4) is 0 Å². The van der Waals surface area contributed by atoms with Crippen molar-refractivity contribution in [2.75, 3.05) is 25.0 Å². The van der Waals surface area contributed by atoms with Gasteiger partial charge in [0.15, 0.2) is 5.65 Å². The highest BCUT2D eigenvalue weighted by Gasteiger charge is 2.23. The van der Waals surface area contributed by atoms with Crippen LogP contribution in [0.25, 0.3) is 5.65 Å². The molecule has 90 valence electrons. The van der Waals surface area contributed by atoms with Gasteiger partial charge in [-0.15, -0.1) is 5.10 Å². The number of hydrogen-bond donors (Lipinski definition) is 1. The molecule has 0 aliphatic carbocycles. The molecule has 0 saturated carbocycles. The number of rotatable bonds is 2. The lowest BCUT2D eigenvalue weighted by Crippen LogP contribution is -2.29. The van der Waals surface area contributed by atoms with Gasteiger partial charge in [0.05, 0.1) is 0 Å². The highest BCUT2D eigenvalue weighted by Crippen LogP contribution is 2.17. The van der Waals surface area contributed by atoms with Crippen molar-refractivity contribution in [1.29, 1.82) is 0 Å². The van der Waals surface area contributed by atoms with Crippen LogP contribution in [0, 0.1) is 6.92 Å². The van der Waals surface area contributed by atoms with Crippen LogP contribution in [-0.4, -0.2) is 40.8 Å². The fraction of sp³-hybridized carbons (Fsp3) is 0.500. The van der Waals surface area contributed by atoms with Gasteiger partial charge in [-0.25, -0.2) is 4.52 Å². The van der Waals surface area contributed by atoms with E-state index in [1.165, 1.54) is 5.56 Å². The van der Waals surface area contributed by atoms with Crippen molar-refractivity contribution in [3.63, 3.8) is 0 Å². The standard InChI is InChI=1S/C12H17N5/c1-9-3-4-11-14-12(15-17(11)7-9)16-6-5-10(8-16)13-2/h3-4,7,10,13H,5-6,8H2,1-2H3. The average Bonchev–Trinajstić information content (AvgIpc) is 2.93. The maximum atomic E-state index is 4.55. The Kier molecular flexibility index (Phi) is 2.48. The molecule has 1 unspecified atom stereocenters. The lowest BCUT2D eigenvalue weighted by molar-refractivity contribution is 0.616. The van der Waals surface area contributed by atoms with Crippen molar-refractivity contribution < 1.29 is 0 Å². The first-order chi connectivity index (χ1) is 8.26. The van der Waals surface area contributed by atoms with E-state index in [2.05, 4.69) is 33.3 Å². The summed E-state index contributed by atoms with van der Waals surface area (Å²) in [5.74, 6) is 0.841. The van der Waals surface area contributed by atoms with Gasteiger partial charge in [0.1, 0.15) is 0 Å². The van der Waals surface area contributed by atoms with Crippen LogP contribution in [0.1, 0.15) is 12.0 Å². The zero-order valence-corrected chi connectivity index (χ0v) is 10.2. The molecule has 5 nitrogen and oxygen atoms in total. The SMILES string of the molecule is CNC1CCN(c2nc3ccc(C)cn3n2)C1. The van der Waals surface area contributed by atoms with Gasteiger partial charge in [0.25, 0.3) is 0 Å². The molecule has 2 aromatic rings. The number of pyridine rings is 1. The van der Waals surface area contributed by atoms with Crippen LogP contribution >= 0.6 is 0 Å².